The predicted molar refractivity (Wildman–Crippen MR) is 107 cm³/mol. The van der Waals surface area contributed by atoms with E-state index in [2.05, 4.69) is 22.0 Å². The van der Waals surface area contributed by atoms with Gasteiger partial charge in [-0.15, -0.1) is 0 Å². The molecule has 2 heterocycles. The number of rotatable bonds is 4. The average Bonchev–Trinajstić information content (AvgIpc) is 3.19. The summed E-state index contributed by atoms with van der Waals surface area (Å²) in [7, 11) is 0. The molecule has 144 valence electrons. The van der Waals surface area contributed by atoms with E-state index in [1.807, 2.05) is 60.4 Å². The summed E-state index contributed by atoms with van der Waals surface area (Å²) in [5, 5.41) is 4.07. The van der Waals surface area contributed by atoms with Crippen LogP contribution in [0.1, 0.15) is 27.4 Å². The lowest BCUT2D eigenvalue weighted by atomic mass is 10.1. The van der Waals surface area contributed by atoms with Gasteiger partial charge in [0.15, 0.2) is 0 Å². The second-order valence-electron chi connectivity index (χ2n) is 7.25. The third-order valence-corrected chi connectivity index (χ3v) is 5.27. The maximum absolute atomic E-state index is 12.8. The van der Waals surface area contributed by atoms with Gasteiger partial charge < -0.3 is 9.42 Å². The van der Waals surface area contributed by atoms with Crippen LogP contribution in [0.4, 0.5) is 0 Å². The maximum Gasteiger partial charge on any atom is 0.253 e. The Morgan fingerprint density at radius 1 is 1.00 bits per heavy atom. The molecule has 1 fully saturated rings. The summed E-state index contributed by atoms with van der Waals surface area (Å²) in [6, 6.07) is 15.7. The molecule has 0 N–H and O–H groups in total. The van der Waals surface area contributed by atoms with E-state index in [0.29, 0.717) is 31.3 Å². The summed E-state index contributed by atoms with van der Waals surface area (Å²) in [4.78, 5) is 21.4. The van der Waals surface area contributed by atoms with Crippen LogP contribution in [-0.2, 0) is 6.54 Å². The Hall–Kier alpha value is -2.99. The molecule has 0 bridgehead atoms. The van der Waals surface area contributed by atoms with Crippen LogP contribution in [0.25, 0.3) is 11.4 Å². The maximum atomic E-state index is 12.8. The molecule has 0 atom stereocenters. The van der Waals surface area contributed by atoms with Gasteiger partial charge in [-0.3, -0.25) is 9.69 Å². The summed E-state index contributed by atoms with van der Waals surface area (Å²) in [5.74, 6) is 1.32. The Balaban J connectivity index is 1.34. The second-order valence-corrected chi connectivity index (χ2v) is 7.25. The molecule has 28 heavy (non-hydrogen) atoms. The minimum absolute atomic E-state index is 0.104. The summed E-state index contributed by atoms with van der Waals surface area (Å²) in [6.07, 6.45) is 0. The number of nitrogens with zero attached hydrogens (tertiary/aromatic N) is 4. The molecule has 2 aromatic carbocycles. The summed E-state index contributed by atoms with van der Waals surface area (Å²) >= 11 is 0. The van der Waals surface area contributed by atoms with Crippen molar-refractivity contribution in [2.75, 3.05) is 26.2 Å². The van der Waals surface area contributed by atoms with Crippen molar-refractivity contribution >= 4 is 5.91 Å². The zero-order chi connectivity index (χ0) is 19.5. The SMILES string of the molecule is Cc1ccc(C(=O)N2CCN(Cc3nc(-c4ccccc4)no3)CC2)cc1C. The Kier molecular flexibility index (Phi) is 5.21. The molecule has 1 aliphatic rings. The van der Waals surface area contributed by atoms with Gasteiger partial charge in [0.1, 0.15) is 0 Å². The van der Waals surface area contributed by atoms with E-state index >= 15 is 0 Å². The standard InChI is InChI=1S/C22H24N4O2/c1-16-8-9-19(14-17(16)2)22(27)26-12-10-25(11-13-26)15-20-23-21(24-28-20)18-6-4-3-5-7-18/h3-9,14H,10-13,15H2,1-2H3. The van der Waals surface area contributed by atoms with Crippen LogP contribution in [0, 0.1) is 13.8 Å². The smallest absolute Gasteiger partial charge is 0.253 e. The first kappa shape index (κ1) is 18.4. The Morgan fingerprint density at radius 3 is 2.46 bits per heavy atom. The Bertz CT molecular complexity index is 960. The quantitative estimate of drug-likeness (QED) is 0.699. The molecule has 0 radical (unpaired) electrons. The van der Waals surface area contributed by atoms with E-state index in [0.717, 1.165) is 29.8 Å². The molecule has 1 saturated heterocycles. The third kappa shape index (κ3) is 3.97. The van der Waals surface area contributed by atoms with E-state index < -0.39 is 0 Å². The fraction of sp³-hybridized carbons (Fsp3) is 0.318. The number of carbonyl (C=O) groups excluding carboxylic acids is 1. The molecular weight excluding hydrogens is 352 g/mol. The van der Waals surface area contributed by atoms with Gasteiger partial charge in [0.05, 0.1) is 6.54 Å². The lowest BCUT2D eigenvalue weighted by Crippen LogP contribution is -2.48. The van der Waals surface area contributed by atoms with Crippen molar-refractivity contribution in [2.24, 2.45) is 0 Å². The van der Waals surface area contributed by atoms with E-state index in [1.165, 1.54) is 5.56 Å². The molecule has 1 aromatic heterocycles. The molecule has 6 heteroatoms. The molecule has 0 spiro atoms. The normalized spacial score (nSPS) is 15.0. The van der Waals surface area contributed by atoms with Gasteiger partial charge in [-0.1, -0.05) is 41.6 Å². The van der Waals surface area contributed by atoms with Crippen LogP contribution < -0.4 is 0 Å². The van der Waals surface area contributed by atoms with Gasteiger partial charge in [-0.05, 0) is 37.1 Å². The zero-order valence-corrected chi connectivity index (χ0v) is 16.3. The van der Waals surface area contributed by atoms with Gasteiger partial charge >= 0.3 is 0 Å². The highest BCUT2D eigenvalue weighted by atomic mass is 16.5. The van der Waals surface area contributed by atoms with E-state index in [9.17, 15) is 4.79 Å². The molecule has 0 aliphatic carbocycles. The van der Waals surface area contributed by atoms with Crippen LogP contribution >= 0.6 is 0 Å². The number of hydrogen-bond acceptors (Lipinski definition) is 5. The van der Waals surface area contributed by atoms with Gasteiger partial charge in [0, 0.05) is 37.3 Å². The molecule has 6 nitrogen and oxygen atoms in total. The first-order valence-electron chi connectivity index (χ1n) is 9.57. The number of aromatic nitrogens is 2. The zero-order valence-electron chi connectivity index (χ0n) is 16.3. The number of piperazine rings is 1. The molecule has 4 rings (SSSR count). The van der Waals surface area contributed by atoms with Gasteiger partial charge in [-0.25, -0.2) is 0 Å². The van der Waals surface area contributed by atoms with E-state index in [-0.39, 0.29) is 5.91 Å². The van der Waals surface area contributed by atoms with Crippen LogP contribution in [0.2, 0.25) is 0 Å². The third-order valence-electron chi connectivity index (χ3n) is 5.27. The van der Waals surface area contributed by atoms with Crippen molar-refractivity contribution in [3.05, 3.63) is 71.1 Å². The number of aryl methyl sites for hydroxylation is 2. The number of amides is 1. The highest BCUT2D eigenvalue weighted by Gasteiger charge is 2.23. The molecule has 0 saturated carbocycles. The Labute approximate surface area is 164 Å². The lowest BCUT2D eigenvalue weighted by Gasteiger charge is -2.34. The van der Waals surface area contributed by atoms with Crippen LogP contribution in [0.15, 0.2) is 53.1 Å². The summed E-state index contributed by atoms with van der Waals surface area (Å²) < 4.78 is 5.41. The van der Waals surface area contributed by atoms with Crippen molar-refractivity contribution in [1.29, 1.82) is 0 Å². The fourth-order valence-corrected chi connectivity index (χ4v) is 3.38. The fourth-order valence-electron chi connectivity index (χ4n) is 3.38. The first-order chi connectivity index (χ1) is 13.6. The van der Waals surface area contributed by atoms with Crippen LogP contribution in [0.5, 0.6) is 0 Å². The largest absolute Gasteiger partial charge is 0.338 e. The highest BCUT2D eigenvalue weighted by molar-refractivity contribution is 5.94. The minimum atomic E-state index is 0.104. The average molecular weight is 376 g/mol. The topological polar surface area (TPSA) is 62.5 Å². The number of benzene rings is 2. The summed E-state index contributed by atoms with van der Waals surface area (Å²) in [6.45, 7) is 7.68. The van der Waals surface area contributed by atoms with Crippen LogP contribution in [-0.4, -0.2) is 52.0 Å². The highest BCUT2D eigenvalue weighted by Crippen LogP contribution is 2.17. The minimum Gasteiger partial charge on any atom is -0.338 e. The predicted octanol–water partition coefficient (Wildman–Crippen LogP) is 3.31. The molecule has 1 aliphatic heterocycles. The molecule has 1 amide bonds. The van der Waals surface area contributed by atoms with Crippen molar-refractivity contribution in [2.45, 2.75) is 20.4 Å². The Morgan fingerprint density at radius 2 is 1.75 bits per heavy atom. The summed E-state index contributed by atoms with van der Waals surface area (Å²) in [5.41, 5.74) is 4.06. The van der Waals surface area contributed by atoms with Crippen molar-refractivity contribution in [3.8, 4) is 11.4 Å². The second kappa shape index (κ2) is 7.94. The van der Waals surface area contributed by atoms with Gasteiger partial charge in [0.25, 0.3) is 5.91 Å². The molecule has 3 aromatic rings. The van der Waals surface area contributed by atoms with Gasteiger partial charge in [0.2, 0.25) is 11.7 Å². The first-order valence-corrected chi connectivity index (χ1v) is 9.57. The van der Waals surface area contributed by atoms with Crippen molar-refractivity contribution in [1.82, 2.24) is 19.9 Å². The monoisotopic (exact) mass is 376 g/mol. The van der Waals surface area contributed by atoms with E-state index in [1.54, 1.807) is 0 Å². The van der Waals surface area contributed by atoms with Crippen molar-refractivity contribution in [3.63, 3.8) is 0 Å². The number of carbonyl (C=O) groups is 1. The van der Waals surface area contributed by atoms with Crippen molar-refractivity contribution < 1.29 is 9.32 Å². The molecular formula is C22H24N4O2. The van der Waals surface area contributed by atoms with E-state index in [4.69, 9.17) is 4.52 Å². The van der Waals surface area contributed by atoms with Gasteiger partial charge in [-0.2, -0.15) is 4.98 Å². The number of hydrogen-bond donors (Lipinski definition) is 0. The molecule has 0 unspecified atom stereocenters. The lowest BCUT2D eigenvalue weighted by molar-refractivity contribution is 0.0615. The van der Waals surface area contributed by atoms with Crippen LogP contribution in [0.3, 0.4) is 0 Å².